The van der Waals surface area contributed by atoms with Crippen LogP contribution in [-0.2, 0) is 19.1 Å². The van der Waals surface area contributed by atoms with Crippen LogP contribution >= 0.6 is 11.8 Å². The van der Waals surface area contributed by atoms with E-state index in [9.17, 15) is 14.4 Å². The quantitative estimate of drug-likeness (QED) is 0.606. The SMILES string of the molecule is CC1SC(C)(C)C1OC(=O)C(C)(C)NC(=O)[C@@H](N)CC(=O)O. The molecule has 0 aromatic carbocycles. The lowest BCUT2D eigenvalue weighted by Gasteiger charge is -2.48. The summed E-state index contributed by atoms with van der Waals surface area (Å²) < 4.78 is 5.35. The van der Waals surface area contributed by atoms with Gasteiger partial charge in [0.2, 0.25) is 5.91 Å². The maximum absolute atomic E-state index is 12.3. The maximum Gasteiger partial charge on any atom is 0.331 e. The molecule has 126 valence electrons. The molecule has 1 amide bonds. The summed E-state index contributed by atoms with van der Waals surface area (Å²) in [4.78, 5) is 34.7. The number of hydrogen-bond donors (Lipinski definition) is 3. The van der Waals surface area contributed by atoms with Crippen molar-refractivity contribution in [2.45, 2.75) is 68.7 Å². The molecule has 0 radical (unpaired) electrons. The number of aliphatic carboxylic acids is 1. The highest BCUT2D eigenvalue weighted by Crippen LogP contribution is 2.48. The first-order valence-electron chi connectivity index (χ1n) is 7.05. The van der Waals surface area contributed by atoms with Crippen LogP contribution in [0.15, 0.2) is 0 Å². The third-order valence-electron chi connectivity index (χ3n) is 3.51. The number of esters is 1. The minimum Gasteiger partial charge on any atom is -0.481 e. The molecule has 4 N–H and O–H groups in total. The summed E-state index contributed by atoms with van der Waals surface area (Å²) in [6.07, 6.45) is -0.728. The molecule has 7 nitrogen and oxygen atoms in total. The molecular weight excluding hydrogens is 308 g/mol. The molecule has 0 saturated carbocycles. The van der Waals surface area contributed by atoms with Gasteiger partial charge in [0.15, 0.2) is 0 Å². The van der Waals surface area contributed by atoms with Gasteiger partial charge in [0, 0.05) is 10.00 Å². The van der Waals surface area contributed by atoms with E-state index in [4.69, 9.17) is 15.6 Å². The fourth-order valence-electron chi connectivity index (χ4n) is 2.33. The number of thioether (sulfide) groups is 1. The molecule has 1 heterocycles. The summed E-state index contributed by atoms with van der Waals surface area (Å²) in [5.74, 6) is -2.43. The normalized spacial score (nSPS) is 24.8. The van der Waals surface area contributed by atoms with Gasteiger partial charge in [-0.25, -0.2) is 4.79 Å². The van der Waals surface area contributed by atoms with Crippen LogP contribution in [0.1, 0.15) is 41.0 Å². The van der Waals surface area contributed by atoms with Crippen molar-refractivity contribution in [1.82, 2.24) is 5.32 Å². The highest BCUT2D eigenvalue weighted by atomic mass is 32.2. The molecule has 22 heavy (non-hydrogen) atoms. The number of hydrogen-bond acceptors (Lipinski definition) is 6. The topological polar surface area (TPSA) is 119 Å². The van der Waals surface area contributed by atoms with Crippen LogP contribution in [0, 0.1) is 0 Å². The summed E-state index contributed by atoms with van der Waals surface area (Å²) in [6, 6.07) is -1.21. The minimum atomic E-state index is -1.27. The van der Waals surface area contributed by atoms with Crippen LogP contribution in [0.2, 0.25) is 0 Å². The van der Waals surface area contributed by atoms with E-state index in [1.165, 1.54) is 13.8 Å². The Hall–Kier alpha value is -1.28. The van der Waals surface area contributed by atoms with Crippen LogP contribution in [0.5, 0.6) is 0 Å². The number of rotatable bonds is 6. The van der Waals surface area contributed by atoms with Crippen molar-refractivity contribution in [3.63, 3.8) is 0 Å². The fourth-order valence-corrected chi connectivity index (χ4v) is 3.97. The largest absolute Gasteiger partial charge is 0.481 e. The number of carbonyl (C=O) groups is 3. The lowest BCUT2D eigenvalue weighted by molar-refractivity contribution is -0.159. The second-order valence-corrected chi connectivity index (χ2v) is 8.60. The van der Waals surface area contributed by atoms with Crippen molar-refractivity contribution in [1.29, 1.82) is 0 Å². The number of carboxylic acid groups (broad SMARTS) is 1. The molecular formula is C14H24N2O5S. The number of carboxylic acids is 1. The first-order chi connectivity index (χ1) is 9.86. The highest BCUT2D eigenvalue weighted by molar-refractivity contribution is 8.02. The Morgan fingerprint density at radius 2 is 1.95 bits per heavy atom. The van der Waals surface area contributed by atoms with E-state index in [1.54, 1.807) is 11.8 Å². The third kappa shape index (κ3) is 4.36. The molecule has 0 bridgehead atoms. The Morgan fingerprint density at radius 3 is 2.36 bits per heavy atom. The number of nitrogens with one attached hydrogen (secondary N) is 1. The van der Waals surface area contributed by atoms with Gasteiger partial charge in [-0.05, 0) is 34.6 Å². The lowest BCUT2D eigenvalue weighted by Crippen LogP contribution is -2.60. The van der Waals surface area contributed by atoms with Gasteiger partial charge in [-0.15, -0.1) is 11.8 Å². The molecule has 1 fully saturated rings. The predicted molar refractivity (Wildman–Crippen MR) is 83.5 cm³/mol. The highest BCUT2D eigenvalue weighted by Gasteiger charge is 2.50. The average molecular weight is 332 g/mol. The Labute approximate surface area is 134 Å². The van der Waals surface area contributed by atoms with Gasteiger partial charge >= 0.3 is 11.9 Å². The standard InChI is InChI=1S/C14H24N2O5S/c1-7-10(14(4,5)22-7)21-12(20)13(2,3)16-11(19)8(15)6-9(17)18/h7-8,10H,6,15H2,1-5H3,(H,16,19)(H,17,18)/t7?,8-,10?/m0/s1. The first-order valence-corrected chi connectivity index (χ1v) is 7.93. The molecule has 0 aromatic rings. The number of amides is 1. The van der Waals surface area contributed by atoms with Gasteiger partial charge in [-0.2, -0.15) is 0 Å². The van der Waals surface area contributed by atoms with Gasteiger partial charge < -0.3 is 20.9 Å². The van der Waals surface area contributed by atoms with Crippen LogP contribution in [0.3, 0.4) is 0 Å². The summed E-state index contributed by atoms with van der Waals surface area (Å²) in [5.41, 5.74) is 4.21. The number of nitrogens with two attached hydrogens (primary N) is 1. The second kappa shape index (κ2) is 6.45. The van der Waals surface area contributed by atoms with Crippen molar-refractivity contribution in [2.75, 3.05) is 0 Å². The molecule has 0 aliphatic carbocycles. The Bertz CT molecular complexity index is 478. The van der Waals surface area contributed by atoms with Gasteiger partial charge in [-0.1, -0.05) is 0 Å². The van der Waals surface area contributed by atoms with Crippen LogP contribution in [0.25, 0.3) is 0 Å². The molecule has 1 rings (SSSR count). The number of ether oxygens (including phenoxy) is 1. The van der Waals surface area contributed by atoms with Gasteiger partial charge in [0.25, 0.3) is 0 Å². The molecule has 1 aliphatic rings. The van der Waals surface area contributed by atoms with Crippen molar-refractivity contribution in [3.8, 4) is 0 Å². The van der Waals surface area contributed by atoms with Crippen LogP contribution in [0.4, 0.5) is 0 Å². The Balaban J connectivity index is 2.63. The molecule has 0 aromatic heterocycles. The zero-order valence-corrected chi connectivity index (χ0v) is 14.3. The molecule has 3 atom stereocenters. The monoisotopic (exact) mass is 332 g/mol. The predicted octanol–water partition coefficient (Wildman–Crippen LogP) is 0.509. The van der Waals surface area contributed by atoms with Gasteiger partial charge in [0.1, 0.15) is 11.6 Å². The summed E-state index contributed by atoms with van der Waals surface area (Å²) in [6.45, 7) is 8.96. The molecule has 0 spiro atoms. The molecule has 1 saturated heterocycles. The van der Waals surface area contributed by atoms with Crippen molar-refractivity contribution in [3.05, 3.63) is 0 Å². The lowest BCUT2D eigenvalue weighted by atomic mass is 10.00. The zero-order chi connectivity index (χ0) is 17.3. The molecule has 2 unspecified atom stereocenters. The van der Waals surface area contributed by atoms with E-state index < -0.39 is 35.8 Å². The average Bonchev–Trinajstić information content (AvgIpc) is 2.33. The van der Waals surface area contributed by atoms with Crippen LogP contribution in [-0.4, -0.2) is 50.6 Å². The molecule has 8 heteroatoms. The summed E-state index contributed by atoms with van der Waals surface area (Å²) >= 11 is 1.72. The van der Waals surface area contributed by atoms with E-state index in [0.29, 0.717) is 0 Å². The van der Waals surface area contributed by atoms with Crippen molar-refractivity contribution < 1.29 is 24.2 Å². The Kier molecular flexibility index (Phi) is 5.51. The van der Waals surface area contributed by atoms with E-state index in [1.807, 2.05) is 20.8 Å². The van der Waals surface area contributed by atoms with E-state index >= 15 is 0 Å². The van der Waals surface area contributed by atoms with Gasteiger partial charge in [-0.3, -0.25) is 9.59 Å². The van der Waals surface area contributed by atoms with Crippen molar-refractivity contribution in [2.24, 2.45) is 5.73 Å². The smallest absolute Gasteiger partial charge is 0.331 e. The zero-order valence-electron chi connectivity index (χ0n) is 13.5. The van der Waals surface area contributed by atoms with E-state index in [-0.39, 0.29) is 16.1 Å². The number of carbonyl (C=O) groups excluding carboxylic acids is 2. The summed E-state index contributed by atoms with van der Waals surface area (Å²) in [5, 5.41) is 11.3. The molecule has 1 aliphatic heterocycles. The minimum absolute atomic E-state index is 0.158. The third-order valence-corrected chi connectivity index (χ3v) is 4.97. The first kappa shape index (κ1) is 18.8. The second-order valence-electron chi connectivity index (χ2n) is 6.57. The van der Waals surface area contributed by atoms with Crippen LogP contribution < -0.4 is 11.1 Å². The summed E-state index contributed by atoms with van der Waals surface area (Å²) in [7, 11) is 0. The maximum atomic E-state index is 12.3. The van der Waals surface area contributed by atoms with Gasteiger partial charge in [0.05, 0.1) is 12.5 Å². The van der Waals surface area contributed by atoms with E-state index in [2.05, 4.69) is 5.32 Å². The fraction of sp³-hybridized carbons (Fsp3) is 0.786. The van der Waals surface area contributed by atoms with E-state index in [0.717, 1.165) is 0 Å². The Morgan fingerprint density at radius 1 is 1.41 bits per heavy atom. The van der Waals surface area contributed by atoms with Crippen molar-refractivity contribution >= 4 is 29.6 Å².